The number of para-hydroxylation sites is 4. The maximum Gasteiger partial charge on any atom is 0.160 e. The molecule has 0 amide bonds. The number of imidazole rings is 1. The lowest BCUT2D eigenvalue weighted by Crippen LogP contribution is -1.94. The van der Waals surface area contributed by atoms with Crippen LogP contribution in [0.1, 0.15) is 0 Å². The molecule has 0 saturated carbocycles. The van der Waals surface area contributed by atoms with Crippen molar-refractivity contribution in [2.45, 2.75) is 0 Å². The van der Waals surface area contributed by atoms with Crippen molar-refractivity contribution in [1.82, 2.24) is 18.5 Å². The summed E-state index contributed by atoms with van der Waals surface area (Å²) in [5.41, 5.74) is 15.1. The molecule has 13 rings (SSSR count). The van der Waals surface area contributed by atoms with E-state index in [-0.39, 0.29) is 0 Å². The van der Waals surface area contributed by atoms with Crippen LogP contribution >= 0.6 is 0 Å². The molecule has 5 nitrogen and oxygen atoms in total. The van der Waals surface area contributed by atoms with Crippen molar-refractivity contribution in [1.29, 1.82) is 0 Å². The minimum atomic E-state index is 0.877. The minimum Gasteiger partial charge on any atom is -0.454 e. The molecule has 0 unspecified atom stereocenters. The molecule has 0 saturated heterocycles. The Labute approximate surface area is 319 Å². The predicted octanol–water partition coefficient (Wildman–Crippen LogP) is 13.4. The standard InChI is InChI=1S/C51H30N4O/c1-2-12-33(13-3-1)53-43-19-9-6-14-35(43)40-28-31(22-25-45(40)53)32-23-26-46-41(29-32)36-15-7-10-20-44(36)54(46)34-24-27-47-42(30-34)52-51-38-17-5-4-16-37(38)50-49(55(47)51)39-18-8-11-21-48(39)56-50/h1-30H. The summed E-state index contributed by atoms with van der Waals surface area (Å²) in [5, 5.41) is 8.17. The molecule has 5 aromatic heterocycles. The molecular formula is C51H30N4O. The summed E-state index contributed by atoms with van der Waals surface area (Å²) >= 11 is 0. The molecule has 0 N–H and O–H groups in total. The first-order valence-corrected chi connectivity index (χ1v) is 19.1. The molecule has 0 fully saturated rings. The third kappa shape index (κ3) is 3.95. The highest BCUT2D eigenvalue weighted by atomic mass is 16.3. The van der Waals surface area contributed by atoms with E-state index in [1.54, 1.807) is 0 Å². The van der Waals surface area contributed by atoms with Crippen LogP contribution in [0.2, 0.25) is 0 Å². The van der Waals surface area contributed by atoms with E-state index in [1.165, 1.54) is 49.4 Å². The van der Waals surface area contributed by atoms with Gasteiger partial charge in [-0.15, -0.1) is 0 Å². The molecule has 8 aromatic carbocycles. The van der Waals surface area contributed by atoms with Gasteiger partial charge in [0.2, 0.25) is 0 Å². The Kier molecular flexibility index (Phi) is 5.83. The van der Waals surface area contributed by atoms with Gasteiger partial charge in [0.05, 0.1) is 33.1 Å². The van der Waals surface area contributed by atoms with Crippen LogP contribution in [0.5, 0.6) is 0 Å². The molecule has 0 aliphatic carbocycles. The van der Waals surface area contributed by atoms with Gasteiger partial charge in [-0.1, -0.05) is 103 Å². The summed E-state index contributed by atoms with van der Waals surface area (Å²) in [6.45, 7) is 0. The summed E-state index contributed by atoms with van der Waals surface area (Å²) in [5.74, 6) is 0. The summed E-state index contributed by atoms with van der Waals surface area (Å²) in [7, 11) is 0. The number of hydrogen-bond acceptors (Lipinski definition) is 2. The molecular weight excluding hydrogens is 685 g/mol. The minimum absolute atomic E-state index is 0.877. The Morgan fingerprint density at radius 3 is 1.61 bits per heavy atom. The van der Waals surface area contributed by atoms with Crippen LogP contribution in [0.15, 0.2) is 186 Å². The van der Waals surface area contributed by atoms with Crippen molar-refractivity contribution in [3.05, 3.63) is 182 Å². The maximum atomic E-state index is 6.52. The van der Waals surface area contributed by atoms with E-state index >= 15 is 0 Å². The fraction of sp³-hybridized carbons (Fsp3) is 0. The van der Waals surface area contributed by atoms with Gasteiger partial charge in [0, 0.05) is 49.1 Å². The predicted molar refractivity (Wildman–Crippen MR) is 232 cm³/mol. The van der Waals surface area contributed by atoms with Gasteiger partial charge in [0.25, 0.3) is 0 Å². The lowest BCUT2D eigenvalue weighted by molar-refractivity contribution is 0.672. The van der Waals surface area contributed by atoms with Crippen molar-refractivity contribution in [2.75, 3.05) is 0 Å². The zero-order valence-electron chi connectivity index (χ0n) is 30.0. The normalized spacial score (nSPS) is 12.3. The number of rotatable bonds is 3. The number of pyridine rings is 1. The van der Waals surface area contributed by atoms with E-state index in [0.717, 1.165) is 66.2 Å². The van der Waals surface area contributed by atoms with Gasteiger partial charge >= 0.3 is 0 Å². The first-order chi connectivity index (χ1) is 27.8. The second-order valence-corrected chi connectivity index (χ2v) is 14.8. The fourth-order valence-electron chi connectivity index (χ4n) is 9.37. The van der Waals surface area contributed by atoms with Crippen LogP contribution < -0.4 is 0 Å². The van der Waals surface area contributed by atoms with Crippen LogP contribution in [0, 0.1) is 0 Å². The van der Waals surface area contributed by atoms with E-state index in [1.807, 2.05) is 12.1 Å². The van der Waals surface area contributed by atoms with E-state index in [0.29, 0.717) is 0 Å². The summed E-state index contributed by atoms with van der Waals surface area (Å²) < 4.78 is 13.6. The zero-order valence-corrected chi connectivity index (χ0v) is 30.0. The average Bonchev–Trinajstić information content (AvgIpc) is 4.01. The van der Waals surface area contributed by atoms with Crippen LogP contribution in [0.3, 0.4) is 0 Å². The molecule has 5 heteroatoms. The molecule has 260 valence electrons. The Hall–Kier alpha value is -7.63. The van der Waals surface area contributed by atoms with Gasteiger partial charge in [-0.25, -0.2) is 4.98 Å². The van der Waals surface area contributed by atoms with E-state index in [4.69, 9.17) is 9.40 Å². The van der Waals surface area contributed by atoms with Gasteiger partial charge in [0.1, 0.15) is 16.7 Å². The van der Waals surface area contributed by atoms with Crippen molar-refractivity contribution >= 4 is 93.1 Å². The van der Waals surface area contributed by atoms with Crippen LogP contribution in [0.25, 0.3) is 116 Å². The molecule has 56 heavy (non-hydrogen) atoms. The van der Waals surface area contributed by atoms with Crippen molar-refractivity contribution < 1.29 is 4.42 Å². The molecule has 0 aliphatic heterocycles. The quantitative estimate of drug-likeness (QED) is 0.183. The third-order valence-corrected chi connectivity index (χ3v) is 11.8. The number of benzene rings is 8. The number of nitrogens with zero attached hydrogens (tertiary/aromatic N) is 4. The van der Waals surface area contributed by atoms with Gasteiger partial charge in [-0.3, -0.25) is 4.40 Å². The van der Waals surface area contributed by atoms with Crippen LogP contribution in [-0.4, -0.2) is 18.5 Å². The zero-order chi connectivity index (χ0) is 36.5. The maximum absolute atomic E-state index is 6.52. The Bertz CT molecular complexity index is 3770. The van der Waals surface area contributed by atoms with Gasteiger partial charge in [0.15, 0.2) is 5.58 Å². The average molecular weight is 715 g/mol. The lowest BCUT2D eigenvalue weighted by atomic mass is 10.0. The van der Waals surface area contributed by atoms with E-state index in [9.17, 15) is 0 Å². The molecule has 13 aromatic rings. The van der Waals surface area contributed by atoms with Crippen molar-refractivity contribution in [3.8, 4) is 22.5 Å². The van der Waals surface area contributed by atoms with Crippen molar-refractivity contribution in [2.24, 2.45) is 0 Å². The van der Waals surface area contributed by atoms with Gasteiger partial charge in [-0.2, -0.15) is 0 Å². The monoisotopic (exact) mass is 714 g/mol. The second-order valence-electron chi connectivity index (χ2n) is 14.8. The van der Waals surface area contributed by atoms with Gasteiger partial charge in [-0.05, 0) is 90.0 Å². The number of hydrogen-bond donors (Lipinski definition) is 0. The first-order valence-electron chi connectivity index (χ1n) is 19.1. The summed E-state index contributed by atoms with van der Waals surface area (Å²) in [6.07, 6.45) is 0. The molecule has 0 atom stereocenters. The summed E-state index contributed by atoms with van der Waals surface area (Å²) in [6, 6.07) is 65.3. The fourth-order valence-corrected chi connectivity index (χ4v) is 9.37. The number of fused-ring (bicyclic) bond motifs is 16. The van der Waals surface area contributed by atoms with Crippen molar-refractivity contribution in [3.63, 3.8) is 0 Å². The Morgan fingerprint density at radius 2 is 0.911 bits per heavy atom. The third-order valence-electron chi connectivity index (χ3n) is 11.8. The highest BCUT2D eigenvalue weighted by Crippen LogP contribution is 2.41. The van der Waals surface area contributed by atoms with Crippen LogP contribution in [0.4, 0.5) is 0 Å². The SMILES string of the molecule is c1ccc(-n2c3ccccc3c3cc(-c4ccc5c(c4)c4ccccc4n5-c4ccc5c(c4)nc4c6ccccc6c6oc7ccccc7c6n54)ccc32)cc1. The van der Waals surface area contributed by atoms with Crippen LogP contribution in [-0.2, 0) is 0 Å². The largest absolute Gasteiger partial charge is 0.454 e. The second kappa shape index (κ2) is 11.0. The number of aromatic nitrogens is 4. The molecule has 0 spiro atoms. The highest BCUT2D eigenvalue weighted by Gasteiger charge is 2.21. The van der Waals surface area contributed by atoms with Gasteiger partial charge < -0.3 is 13.6 Å². The van der Waals surface area contributed by atoms with E-state index < -0.39 is 0 Å². The summed E-state index contributed by atoms with van der Waals surface area (Å²) in [4.78, 5) is 5.34. The lowest BCUT2D eigenvalue weighted by Gasteiger charge is -2.09. The smallest absolute Gasteiger partial charge is 0.160 e. The molecule has 0 bridgehead atoms. The molecule has 0 aliphatic rings. The number of furan rings is 1. The Morgan fingerprint density at radius 1 is 0.375 bits per heavy atom. The molecule has 0 radical (unpaired) electrons. The highest BCUT2D eigenvalue weighted by molar-refractivity contribution is 6.19. The Balaban J connectivity index is 1.01. The van der Waals surface area contributed by atoms with E-state index in [2.05, 4.69) is 183 Å². The molecule has 5 heterocycles. The topological polar surface area (TPSA) is 40.3 Å². The first kappa shape index (κ1) is 29.8.